The van der Waals surface area contributed by atoms with Crippen LogP contribution in [0.3, 0.4) is 0 Å². The van der Waals surface area contributed by atoms with Gasteiger partial charge < -0.3 is 14.4 Å². The second-order valence-corrected chi connectivity index (χ2v) is 3.42. The van der Waals surface area contributed by atoms with E-state index in [1.54, 1.807) is 37.2 Å². The van der Waals surface area contributed by atoms with E-state index in [1.807, 2.05) is 0 Å². The summed E-state index contributed by atoms with van der Waals surface area (Å²) in [4.78, 5) is 12.9. The molecule has 1 aromatic heterocycles. The summed E-state index contributed by atoms with van der Waals surface area (Å²) in [5.74, 6) is -0.381. The molecule has 0 unspecified atom stereocenters. The Morgan fingerprint density at radius 3 is 2.93 bits per heavy atom. The normalized spacial score (nSPS) is 10.9. The van der Waals surface area contributed by atoms with Gasteiger partial charge in [-0.15, -0.1) is 0 Å². The van der Waals surface area contributed by atoms with Crippen molar-refractivity contribution in [3.63, 3.8) is 0 Å². The molecule has 1 heterocycles. The summed E-state index contributed by atoms with van der Waals surface area (Å²) < 4.78 is 6.43. The number of hydrogen-bond donors (Lipinski definition) is 1. The lowest BCUT2D eigenvalue weighted by Gasteiger charge is -2.15. The molecule has 0 saturated carbocycles. The van der Waals surface area contributed by atoms with E-state index in [-0.39, 0.29) is 12.5 Å². The maximum Gasteiger partial charge on any atom is 0.419 e. The molecular weight excluding hydrogens is 196 g/mol. The Balaban J connectivity index is 2.64. The Labute approximate surface area is 86.1 Å². The van der Waals surface area contributed by atoms with Crippen LogP contribution in [0, 0.1) is 0 Å². The van der Waals surface area contributed by atoms with E-state index in [1.165, 1.54) is 4.57 Å². The lowest BCUT2D eigenvalue weighted by molar-refractivity contribution is 0.298. The van der Waals surface area contributed by atoms with Gasteiger partial charge in [0.05, 0.1) is 5.52 Å². The summed E-state index contributed by atoms with van der Waals surface area (Å²) in [6.07, 6.45) is 0. The predicted molar refractivity (Wildman–Crippen MR) is 56.9 cm³/mol. The smallest absolute Gasteiger partial charge is 0.408 e. The topological polar surface area (TPSA) is 58.6 Å². The van der Waals surface area contributed by atoms with E-state index in [0.29, 0.717) is 5.58 Å². The minimum absolute atomic E-state index is 0.0721. The van der Waals surface area contributed by atoms with E-state index in [9.17, 15) is 4.79 Å². The lowest BCUT2D eigenvalue weighted by atomic mass is 10.2. The number of aliphatic hydroxyl groups excluding tert-OH is 1. The summed E-state index contributed by atoms with van der Waals surface area (Å²) >= 11 is 0. The Bertz CT molecular complexity index is 541. The molecule has 1 N–H and O–H groups in total. The van der Waals surface area contributed by atoms with Crippen LogP contribution in [0.2, 0.25) is 0 Å². The maximum absolute atomic E-state index is 11.2. The number of rotatable bonds is 2. The van der Waals surface area contributed by atoms with E-state index in [2.05, 4.69) is 0 Å². The van der Waals surface area contributed by atoms with E-state index in [4.69, 9.17) is 9.52 Å². The molecule has 0 aliphatic rings. The SMILES string of the molecule is CN(CO)c1ccc2oc(=O)n(C)c2c1. The molecule has 0 saturated heterocycles. The van der Waals surface area contributed by atoms with Gasteiger partial charge in [0.2, 0.25) is 0 Å². The molecular formula is C10H12N2O3. The van der Waals surface area contributed by atoms with Crippen LogP contribution in [0.4, 0.5) is 5.69 Å². The van der Waals surface area contributed by atoms with Crippen molar-refractivity contribution in [2.75, 3.05) is 18.7 Å². The fraction of sp³-hybridized carbons (Fsp3) is 0.300. The van der Waals surface area contributed by atoms with Crippen LogP contribution in [0.25, 0.3) is 11.1 Å². The standard InChI is InChI=1S/C10H12N2O3/c1-11(6-13)7-3-4-9-8(5-7)12(2)10(14)15-9/h3-5,13H,6H2,1-2H3. The van der Waals surface area contributed by atoms with Crippen molar-refractivity contribution >= 4 is 16.8 Å². The predicted octanol–water partition coefficient (Wildman–Crippen LogP) is 0.517. The molecule has 1 aromatic carbocycles. The first-order chi connectivity index (χ1) is 7.13. The zero-order valence-corrected chi connectivity index (χ0v) is 8.60. The van der Waals surface area contributed by atoms with Crippen LogP contribution in [-0.2, 0) is 7.05 Å². The number of aliphatic hydroxyl groups is 1. The molecule has 0 aliphatic heterocycles. The van der Waals surface area contributed by atoms with Crippen molar-refractivity contribution in [2.24, 2.45) is 7.05 Å². The van der Waals surface area contributed by atoms with Crippen LogP contribution in [-0.4, -0.2) is 23.5 Å². The third-order valence-corrected chi connectivity index (χ3v) is 2.43. The minimum atomic E-state index is -0.381. The van der Waals surface area contributed by atoms with Crippen LogP contribution >= 0.6 is 0 Å². The lowest BCUT2D eigenvalue weighted by Crippen LogP contribution is -2.17. The van der Waals surface area contributed by atoms with Crippen molar-refractivity contribution in [2.45, 2.75) is 0 Å². The molecule has 15 heavy (non-hydrogen) atoms. The molecule has 0 radical (unpaired) electrons. The molecule has 5 heteroatoms. The molecule has 0 fully saturated rings. The van der Waals surface area contributed by atoms with Crippen molar-refractivity contribution in [3.8, 4) is 0 Å². The van der Waals surface area contributed by atoms with Gasteiger partial charge in [0.15, 0.2) is 5.58 Å². The highest BCUT2D eigenvalue weighted by Gasteiger charge is 2.07. The number of oxazole rings is 1. The first kappa shape index (κ1) is 9.79. The molecule has 0 bridgehead atoms. The van der Waals surface area contributed by atoms with Gasteiger partial charge in [-0.05, 0) is 18.2 Å². The first-order valence-electron chi connectivity index (χ1n) is 4.55. The van der Waals surface area contributed by atoms with Crippen molar-refractivity contribution < 1.29 is 9.52 Å². The number of anilines is 1. The molecule has 5 nitrogen and oxygen atoms in total. The fourth-order valence-electron chi connectivity index (χ4n) is 1.43. The zero-order valence-electron chi connectivity index (χ0n) is 8.60. The zero-order chi connectivity index (χ0) is 11.0. The highest BCUT2D eigenvalue weighted by atomic mass is 16.4. The Morgan fingerprint density at radius 2 is 2.27 bits per heavy atom. The summed E-state index contributed by atoms with van der Waals surface area (Å²) in [7, 11) is 3.41. The Morgan fingerprint density at radius 1 is 1.53 bits per heavy atom. The average molecular weight is 208 g/mol. The summed E-state index contributed by atoms with van der Waals surface area (Å²) in [5, 5.41) is 8.97. The van der Waals surface area contributed by atoms with Crippen LogP contribution in [0.1, 0.15) is 0 Å². The highest BCUT2D eigenvalue weighted by molar-refractivity contribution is 5.77. The number of aryl methyl sites for hydroxylation is 1. The van der Waals surface area contributed by atoms with Crippen molar-refractivity contribution in [1.29, 1.82) is 0 Å². The highest BCUT2D eigenvalue weighted by Crippen LogP contribution is 2.19. The molecule has 80 valence electrons. The van der Waals surface area contributed by atoms with Crippen molar-refractivity contribution in [1.82, 2.24) is 4.57 Å². The van der Waals surface area contributed by atoms with E-state index >= 15 is 0 Å². The maximum atomic E-state index is 11.2. The molecule has 0 amide bonds. The quantitative estimate of drug-likeness (QED) is 0.731. The van der Waals surface area contributed by atoms with E-state index in [0.717, 1.165) is 11.2 Å². The molecule has 2 aromatic rings. The van der Waals surface area contributed by atoms with E-state index < -0.39 is 0 Å². The monoisotopic (exact) mass is 208 g/mol. The third kappa shape index (κ3) is 1.50. The number of fused-ring (bicyclic) bond motifs is 1. The van der Waals surface area contributed by atoms with Gasteiger partial charge in [0, 0.05) is 19.8 Å². The molecule has 0 spiro atoms. The molecule has 2 rings (SSSR count). The van der Waals surface area contributed by atoms with Gasteiger partial charge in [-0.1, -0.05) is 0 Å². The second kappa shape index (κ2) is 3.43. The summed E-state index contributed by atoms with van der Waals surface area (Å²) in [6, 6.07) is 5.32. The van der Waals surface area contributed by atoms with Crippen LogP contribution in [0.15, 0.2) is 27.4 Å². The number of benzene rings is 1. The third-order valence-electron chi connectivity index (χ3n) is 2.43. The first-order valence-corrected chi connectivity index (χ1v) is 4.55. The Hall–Kier alpha value is -1.75. The Kier molecular flexibility index (Phi) is 2.24. The number of hydrogen-bond acceptors (Lipinski definition) is 4. The van der Waals surface area contributed by atoms with Gasteiger partial charge in [0.1, 0.15) is 6.73 Å². The summed E-state index contributed by atoms with van der Waals surface area (Å²) in [6.45, 7) is -0.0721. The largest absolute Gasteiger partial charge is 0.419 e. The van der Waals surface area contributed by atoms with Gasteiger partial charge in [0.25, 0.3) is 0 Å². The van der Waals surface area contributed by atoms with Gasteiger partial charge in [-0.25, -0.2) is 4.79 Å². The van der Waals surface area contributed by atoms with Crippen molar-refractivity contribution in [3.05, 3.63) is 28.7 Å². The number of nitrogens with zero attached hydrogens (tertiary/aromatic N) is 2. The second-order valence-electron chi connectivity index (χ2n) is 3.42. The van der Waals surface area contributed by atoms with Crippen LogP contribution < -0.4 is 10.7 Å². The molecule has 0 atom stereocenters. The summed E-state index contributed by atoms with van der Waals surface area (Å²) in [5.41, 5.74) is 2.11. The number of aromatic nitrogens is 1. The fourth-order valence-corrected chi connectivity index (χ4v) is 1.43. The minimum Gasteiger partial charge on any atom is -0.408 e. The van der Waals surface area contributed by atoms with Gasteiger partial charge >= 0.3 is 5.76 Å². The average Bonchev–Trinajstić information content (AvgIpc) is 2.54. The van der Waals surface area contributed by atoms with Gasteiger partial charge in [-0.3, -0.25) is 4.57 Å². The van der Waals surface area contributed by atoms with Crippen LogP contribution in [0.5, 0.6) is 0 Å². The molecule has 0 aliphatic carbocycles. The van der Waals surface area contributed by atoms with Gasteiger partial charge in [-0.2, -0.15) is 0 Å².